The molecule has 3 heteroatoms. The predicted octanol–water partition coefficient (Wildman–Crippen LogP) is 1.43. The topological polar surface area (TPSA) is 38.0 Å². The maximum atomic E-state index is 9.43. The molecule has 2 rings (SSSR count). The summed E-state index contributed by atoms with van der Waals surface area (Å²) in [5, 5.41) is 13.8. The van der Waals surface area contributed by atoms with Gasteiger partial charge in [0.1, 0.15) is 0 Å². The van der Waals surface area contributed by atoms with Gasteiger partial charge in [-0.2, -0.15) is 5.10 Å². The van der Waals surface area contributed by atoms with E-state index >= 15 is 0 Å². The van der Waals surface area contributed by atoms with E-state index < -0.39 is 0 Å². The zero-order valence-corrected chi connectivity index (χ0v) is 8.90. The summed E-state index contributed by atoms with van der Waals surface area (Å²) >= 11 is 0. The van der Waals surface area contributed by atoms with E-state index in [1.54, 1.807) is 0 Å². The Morgan fingerprint density at radius 2 is 2.36 bits per heavy atom. The fourth-order valence-electron chi connectivity index (χ4n) is 2.38. The highest BCUT2D eigenvalue weighted by Crippen LogP contribution is 2.28. The van der Waals surface area contributed by atoms with Gasteiger partial charge in [-0.1, -0.05) is 0 Å². The van der Waals surface area contributed by atoms with E-state index in [1.807, 2.05) is 18.7 Å². The summed E-state index contributed by atoms with van der Waals surface area (Å²) in [6.45, 7) is 2.02. The fourth-order valence-corrected chi connectivity index (χ4v) is 2.38. The molecule has 0 aliphatic heterocycles. The molecule has 78 valence electrons. The van der Waals surface area contributed by atoms with E-state index in [1.165, 1.54) is 5.69 Å². The molecule has 0 bridgehead atoms. The fraction of sp³-hybridized carbons (Fsp3) is 0.727. The number of hydrogen-bond acceptors (Lipinski definition) is 2. The van der Waals surface area contributed by atoms with Gasteiger partial charge in [-0.3, -0.25) is 4.68 Å². The first-order valence-electron chi connectivity index (χ1n) is 5.32. The van der Waals surface area contributed by atoms with Gasteiger partial charge in [0.15, 0.2) is 0 Å². The van der Waals surface area contributed by atoms with Gasteiger partial charge in [-0.25, -0.2) is 0 Å². The molecule has 1 aliphatic rings. The van der Waals surface area contributed by atoms with Crippen LogP contribution in [0.2, 0.25) is 0 Å². The van der Waals surface area contributed by atoms with Crippen molar-refractivity contribution in [1.82, 2.24) is 9.78 Å². The summed E-state index contributed by atoms with van der Waals surface area (Å²) in [5.41, 5.74) is 2.38. The van der Waals surface area contributed by atoms with Crippen LogP contribution in [0.4, 0.5) is 0 Å². The van der Waals surface area contributed by atoms with Gasteiger partial charge in [0, 0.05) is 12.7 Å². The molecule has 0 radical (unpaired) electrons. The largest absolute Gasteiger partial charge is 0.393 e. The highest BCUT2D eigenvalue weighted by Gasteiger charge is 2.23. The molecule has 1 N–H and O–H groups in total. The van der Waals surface area contributed by atoms with Crippen LogP contribution in [0, 0.1) is 12.8 Å². The maximum Gasteiger partial charge on any atom is 0.0596 e. The minimum absolute atomic E-state index is 0.0608. The van der Waals surface area contributed by atoms with E-state index in [0.29, 0.717) is 5.92 Å². The lowest BCUT2D eigenvalue weighted by Gasteiger charge is -2.08. The van der Waals surface area contributed by atoms with Gasteiger partial charge in [0.05, 0.1) is 11.8 Å². The molecule has 0 saturated heterocycles. The highest BCUT2D eigenvalue weighted by atomic mass is 16.3. The van der Waals surface area contributed by atoms with Crippen molar-refractivity contribution in [1.29, 1.82) is 0 Å². The molecule has 2 unspecified atom stereocenters. The van der Waals surface area contributed by atoms with Crippen LogP contribution in [-0.2, 0) is 13.5 Å². The number of hydrogen-bond donors (Lipinski definition) is 1. The van der Waals surface area contributed by atoms with Gasteiger partial charge < -0.3 is 5.11 Å². The summed E-state index contributed by atoms with van der Waals surface area (Å²) < 4.78 is 1.96. The Bertz CT molecular complexity index is 319. The number of aromatic nitrogens is 2. The van der Waals surface area contributed by atoms with Crippen LogP contribution in [-0.4, -0.2) is 21.0 Å². The van der Waals surface area contributed by atoms with Crippen molar-refractivity contribution < 1.29 is 5.11 Å². The van der Waals surface area contributed by atoms with E-state index in [2.05, 4.69) is 11.2 Å². The standard InChI is InChI=1S/C11H18N2O/c1-8-5-10(13(2)12-8)6-9-3-4-11(14)7-9/h5,9,11,14H,3-4,6-7H2,1-2H3. The van der Waals surface area contributed by atoms with E-state index in [4.69, 9.17) is 0 Å². The minimum Gasteiger partial charge on any atom is -0.393 e. The Kier molecular flexibility index (Phi) is 2.59. The summed E-state index contributed by atoms with van der Waals surface area (Å²) in [6, 6.07) is 2.14. The first kappa shape index (κ1) is 9.71. The smallest absolute Gasteiger partial charge is 0.0596 e. The average Bonchev–Trinajstić information content (AvgIpc) is 2.61. The predicted molar refractivity (Wildman–Crippen MR) is 55.0 cm³/mol. The van der Waals surface area contributed by atoms with Crippen LogP contribution in [0.25, 0.3) is 0 Å². The van der Waals surface area contributed by atoms with Crippen molar-refractivity contribution in [2.45, 2.75) is 38.7 Å². The van der Waals surface area contributed by atoms with Crippen LogP contribution in [0.5, 0.6) is 0 Å². The monoisotopic (exact) mass is 194 g/mol. The Hall–Kier alpha value is -0.830. The third kappa shape index (κ3) is 1.98. The zero-order valence-electron chi connectivity index (χ0n) is 8.90. The lowest BCUT2D eigenvalue weighted by atomic mass is 10.0. The summed E-state index contributed by atoms with van der Waals surface area (Å²) in [4.78, 5) is 0. The van der Waals surface area contributed by atoms with Crippen molar-refractivity contribution in [2.75, 3.05) is 0 Å². The second-order valence-corrected chi connectivity index (χ2v) is 4.44. The quantitative estimate of drug-likeness (QED) is 0.773. The van der Waals surface area contributed by atoms with Crippen molar-refractivity contribution in [2.24, 2.45) is 13.0 Å². The lowest BCUT2D eigenvalue weighted by molar-refractivity contribution is 0.177. The van der Waals surface area contributed by atoms with Gasteiger partial charge in [0.2, 0.25) is 0 Å². The zero-order chi connectivity index (χ0) is 10.1. The highest BCUT2D eigenvalue weighted by molar-refractivity contribution is 5.09. The Balaban J connectivity index is 2.00. The first-order chi connectivity index (χ1) is 6.65. The second-order valence-electron chi connectivity index (χ2n) is 4.44. The Morgan fingerprint density at radius 1 is 1.57 bits per heavy atom. The molecule has 3 nitrogen and oxygen atoms in total. The van der Waals surface area contributed by atoms with Crippen molar-refractivity contribution in [3.05, 3.63) is 17.5 Å². The number of rotatable bonds is 2. The molecule has 1 aliphatic carbocycles. The van der Waals surface area contributed by atoms with Gasteiger partial charge in [-0.05, 0) is 44.6 Å². The van der Waals surface area contributed by atoms with Crippen LogP contribution in [0.15, 0.2) is 6.07 Å². The molecule has 0 aromatic carbocycles. The van der Waals surface area contributed by atoms with E-state index in [0.717, 1.165) is 31.4 Å². The van der Waals surface area contributed by atoms with E-state index in [9.17, 15) is 5.11 Å². The lowest BCUT2D eigenvalue weighted by Crippen LogP contribution is -2.06. The average molecular weight is 194 g/mol. The second kappa shape index (κ2) is 3.73. The molecule has 0 spiro atoms. The Morgan fingerprint density at radius 3 is 2.86 bits per heavy atom. The molecule has 1 heterocycles. The van der Waals surface area contributed by atoms with Crippen LogP contribution in [0.1, 0.15) is 30.7 Å². The van der Waals surface area contributed by atoms with Gasteiger partial charge >= 0.3 is 0 Å². The third-order valence-electron chi connectivity index (χ3n) is 3.11. The molecule has 1 fully saturated rings. The molecule has 1 saturated carbocycles. The van der Waals surface area contributed by atoms with Gasteiger partial charge in [-0.15, -0.1) is 0 Å². The van der Waals surface area contributed by atoms with Crippen LogP contribution in [0.3, 0.4) is 0 Å². The Labute approximate surface area is 84.7 Å². The third-order valence-corrected chi connectivity index (χ3v) is 3.11. The molecular weight excluding hydrogens is 176 g/mol. The SMILES string of the molecule is Cc1cc(CC2CCC(O)C2)n(C)n1. The van der Waals surface area contributed by atoms with Crippen molar-refractivity contribution in [3.8, 4) is 0 Å². The van der Waals surface area contributed by atoms with Gasteiger partial charge in [0.25, 0.3) is 0 Å². The molecule has 1 aromatic rings. The molecule has 2 atom stereocenters. The van der Waals surface area contributed by atoms with Crippen molar-refractivity contribution >= 4 is 0 Å². The summed E-state index contributed by atoms with van der Waals surface area (Å²) in [7, 11) is 1.99. The van der Waals surface area contributed by atoms with Crippen LogP contribution < -0.4 is 0 Å². The molecule has 1 aromatic heterocycles. The number of nitrogens with zero attached hydrogens (tertiary/aromatic N) is 2. The van der Waals surface area contributed by atoms with Crippen LogP contribution >= 0.6 is 0 Å². The molecule has 0 amide bonds. The number of aliphatic hydroxyl groups excluding tert-OH is 1. The summed E-state index contributed by atoms with van der Waals surface area (Å²) in [6.07, 6.45) is 4.10. The summed E-state index contributed by atoms with van der Waals surface area (Å²) in [5.74, 6) is 0.653. The number of aryl methyl sites for hydroxylation is 2. The molecular formula is C11H18N2O. The first-order valence-corrected chi connectivity index (χ1v) is 5.32. The van der Waals surface area contributed by atoms with Crippen molar-refractivity contribution in [3.63, 3.8) is 0 Å². The van der Waals surface area contributed by atoms with E-state index in [-0.39, 0.29) is 6.10 Å². The maximum absolute atomic E-state index is 9.43. The normalized spacial score (nSPS) is 27.1. The minimum atomic E-state index is -0.0608. The number of aliphatic hydroxyl groups is 1. The molecule has 14 heavy (non-hydrogen) atoms.